The highest BCUT2D eigenvalue weighted by Crippen LogP contribution is 2.23. The lowest BCUT2D eigenvalue weighted by Gasteiger charge is -2.07. The SMILES string of the molecule is COCP(N)COC. The van der Waals surface area contributed by atoms with Crippen LogP contribution in [-0.4, -0.2) is 26.9 Å². The van der Waals surface area contributed by atoms with Crippen LogP contribution in [0.5, 0.6) is 0 Å². The highest BCUT2D eigenvalue weighted by Gasteiger charge is 1.96. The molecule has 0 bridgehead atoms. The molecule has 50 valence electrons. The van der Waals surface area contributed by atoms with Gasteiger partial charge < -0.3 is 15.0 Å². The summed E-state index contributed by atoms with van der Waals surface area (Å²) in [5, 5.41) is 0. The van der Waals surface area contributed by atoms with E-state index in [1.165, 1.54) is 0 Å². The summed E-state index contributed by atoms with van der Waals surface area (Å²) in [7, 11) is 2.75. The van der Waals surface area contributed by atoms with Crippen LogP contribution in [0.2, 0.25) is 0 Å². The summed E-state index contributed by atoms with van der Waals surface area (Å²) >= 11 is 0. The molecule has 0 aromatic heterocycles. The lowest BCUT2D eigenvalue weighted by atomic mass is 11.5. The monoisotopic (exact) mass is 137 g/mol. The van der Waals surface area contributed by atoms with Crippen LogP contribution in [0.3, 0.4) is 0 Å². The Morgan fingerprint density at radius 2 is 1.62 bits per heavy atom. The van der Waals surface area contributed by atoms with Crippen molar-refractivity contribution in [2.75, 3.05) is 26.9 Å². The molecular formula is C4H12NO2P. The Balaban J connectivity index is 2.92. The first-order chi connectivity index (χ1) is 3.81. The van der Waals surface area contributed by atoms with Gasteiger partial charge in [0.15, 0.2) is 0 Å². The lowest BCUT2D eigenvalue weighted by Crippen LogP contribution is -2.00. The molecule has 0 heterocycles. The third-order valence-electron chi connectivity index (χ3n) is 0.590. The highest BCUT2D eigenvalue weighted by atomic mass is 31.1. The fourth-order valence-electron chi connectivity index (χ4n) is 0.369. The predicted molar refractivity (Wildman–Crippen MR) is 34.9 cm³/mol. The van der Waals surface area contributed by atoms with Crippen molar-refractivity contribution < 1.29 is 9.47 Å². The number of hydrogen-bond acceptors (Lipinski definition) is 3. The Hall–Kier alpha value is 0.310. The number of rotatable bonds is 4. The first kappa shape index (κ1) is 8.31. The van der Waals surface area contributed by atoms with Gasteiger partial charge in [0.05, 0.1) is 12.7 Å². The van der Waals surface area contributed by atoms with Gasteiger partial charge in [-0.15, -0.1) is 0 Å². The van der Waals surface area contributed by atoms with Crippen LogP contribution in [0.1, 0.15) is 0 Å². The molecule has 0 aliphatic heterocycles. The van der Waals surface area contributed by atoms with E-state index in [9.17, 15) is 0 Å². The number of methoxy groups -OCH3 is 2. The van der Waals surface area contributed by atoms with E-state index in [-0.39, 0.29) is 0 Å². The van der Waals surface area contributed by atoms with E-state index in [1.807, 2.05) is 0 Å². The Labute approximate surface area is 51.0 Å². The smallest absolute Gasteiger partial charge is 0.0810 e. The van der Waals surface area contributed by atoms with E-state index < -0.39 is 8.07 Å². The first-order valence-corrected chi connectivity index (χ1v) is 4.07. The van der Waals surface area contributed by atoms with Crippen LogP contribution < -0.4 is 5.50 Å². The lowest BCUT2D eigenvalue weighted by molar-refractivity contribution is 0.233. The fourth-order valence-corrected chi connectivity index (χ4v) is 1.11. The molecule has 0 saturated heterocycles. The fraction of sp³-hybridized carbons (Fsp3) is 1.00. The Morgan fingerprint density at radius 1 is 1.25 bits per heavy atom. The summed E-state index contributed by atoms with van der Waals surface area (Å²) in [4.78, 5) is 0. The van der Waals surface area contributed by atoms with Gasteiger partial charge in [0, 0.05) is 22.3 Å². The standard InChI is InChI=1S/C4H12NO2P/c1-6-3-8(5)4-7-2/h3-5H2,1-2H3. The molecule has 0 aliphatic carbocycles. The van der Waals surface area contributed by atoms with Crippen LogP contribution in [0.25, 0.3) is 0 Å². The van der Waals surface area contributed by atoms with Crippen LogP contribution in [0.15, 0.2) is 0 Å². The zero-order valence-electron chi connectivity index (χ0n) is 5.26. The third kappa shape index (κ3) is 4.47. The topological polar surface area (TPSA) is 44.5 Å². The summed E-state index contributed by atoms with van der Waals surface area (Å²) in [6.45, 7) is 0. The molecule has 0 fully saturated rings. The minimum atomic E-state index is -0.525. The van der Waals surface area contributed by atoms with Crippen LogP contribution in [-0.2, 0) is 9.47 Å². The van der Waals surface area contributed by atoms with Gasteiger partial charge in [-0.3, -0.25) is 0 Å². The molecule has 0 aromatic carbocycles. The molecule has 8 heavy (non-hydrogen) atoms. The first-order valence-electron chi connectivity index (χ1n) is 2.28. The molecule has 0 rings (SSSR count). The van der Waals surface area contributed by atoms with Crippen molar-refractivity contribution in [3.63, 3.8) is 0 Å². The molecule has 3 nitrogen and oxygen atoms in total. The van der Waals surface area contributed by atoms with Crippen molar-refractivity contribution in [3.8, 4) is 0 Å². The summed E-state index contributed by atoms with van der Waals surface area (Å²) in [6, 6.07) is 0. The van der Waals surface area contributed by atoms with E-state index in [0.717, 1.165) is 0 Å². The van der Waals surface area contributed by atoms with Gasteiger partial charge in [-0.05, 0) is 0 Å². The van der Waals surface area contributed by atoms with Gasteiger partial charge in [-0.2, -0.15) is 0 Å². The largest absolute Gasteiger partial charge is 0.379 e. The second kappa shape index (κ2) is 5.45. The molecule has 0 spiro atoms. The minimum Gasteiger partial charge on any atom is -0.379 e. The molecule has 0 radical (unpaired) electrons. The van der Waals surface area contributed by atoms with Crippen molar-refractivity contribution in [1.29, 1.82) is 0 Å². The Morgan fingerprint density at radius 3 is 1.88 bits per heavy atom. The number of hydrogen-bond donors (Lipinski definition) is 1. The van der Waals surface area contributed by atoms with E-state index >= 15 is 0 Å². The van der Waals surface area contributed by atoms with Gasteiger partial charge in [0.2, 0.25) is 0 Å². The molecule has 0 amide bonds. The molecule has 2 N–H and O–H groups in total. The number of ether oxygens (including phenoxy) is 2. The minimum absolute atomic E-state index is 0.525. The molecule has 0 aliphatic rings. The maximum Gasteiger partial charge on any atom is 0.0810 e. The van der Waals surface area contributed by atoms with Crippen LogP contribution in [0.4, 0.5) is 0 Å². The van der Waals surface area contributed by atoms with Crippen molar-refractivity contribution >= 4 is 8.07 Å². The maximum atomic E-state index is 5.51. The zero-order chi connectivity index (χ0) is 6.41. The van der Waals surface area contributed by atoms with E-state index in [4.69, 9.17) is 15.0 Å². The van der Waals surface area contributed by atoms with Crippen molar-refractivity contribution in [2.45, 2.75) is 0 Å². The molecule has 0 atom stereocenters. The van der Waals surface area contributed by atoms with Gasteiger partial charge in [0.25, 0.3) is 0 Å². The van der Waals surface area contributed by atoms with E-state index in [2.05, 4.69) is 0 Å². The molecular weight excluding hydrogens is 125 g/mol. The molecule has 0 aromatic rings. The Bertz CT molecular complexity index is 47.3. The molecule has 0 unspecified atom stereocenters. The van der Waals surface area contributed by atoms with Crippen molar-refractivity contribution in [1.82, 2.24) is 0 Å². The molecule has 0 saturated carbocycles. The second-order valence-corrected chi connectivity index (χ2v) is 3.12. The molecule has 4 heteroatoms. The second-order valence-electron chi connectivity index (χ2n) is 1.42. The average molecular weight is 137 g/mol. The van der Waals surface area contributed by atoms with Gasteiger partial charge in [-0.25, -0.2) is 0 Å². The summed E-state index contributed by atoms with van der Waals surface area (Å²) in [5.41, 5.74) is 5.51. The Kier molecular flexibility index (Phi) is 5.66. The van der Waals surface area contributed by atoms with Crippen molar-refractivity contribution in [2.24, 2.45) is 5.50 Å². The average Bonchev–Trinajstić information content (AvgIpc) is 1.68. The van der Waals surface area contributed by atoms with Gasteiger partial charge in [0.1, 0.15) is 0 Å². The van der Waals surface area contributed by atoms with E-state index in [0.29, 0.717) is 12.7 Å². The van der Waals surface area contributed by atoms with Gasteiger partial charge in [-0.1, -0.05) is 0 Å². The highest BCUT2D eigenvalue weighted by molar-refractivity contribution is 7.54. The summed E-state index contributed by atoms with van der Waals surface area (Å²) in [5.74, 6) is 0. The summed E-state index contributed by atoms with van der Waals surface area (Å²) in [6.07, 6.45) is 1.26. The predicted octanol–water partition coefficient (Wildman–Crippen LogP) is 0.550. The quantitative estimate of drug-likeness (QED) is 0.575. The van der Waals surface area contributed by atoms with Crippen molar-refractivity contribution in [3.05, 3.63) is 0 Å². The number of nitrogens with two attached hydrogens (primary N) is 1. The maximum absolute atomic E-state index is 5.51. The van der Waals surface area contributed by atoms with Gasteiger partial charge >= 0.3 is 0 Å². The summed E-state index contributed by atoms with van der Waals surface area (Å²) < 4.78 is 9.56. The van der Waals surface area contributed by atoms with Crippen LogP contribution >= 0.6 is 8.07 Å². The van der Waals surface area contributed by atoms with E-state index in [1.54, 1.807) is 14.2 Å². The zero-order valence-corrected chi connectivity index (χ0v) is 6.15. The normalized spacial score (nSPS) is 10.5. The third-order valence-corrected chi connectivity index (χ3v) is 1.77. The van der Waals surface area contributed by atoms with Crippen LogP contribution in [0, 0.1) is 0 Å².